The van der Waals surface area contributed by atoms with Crippen molar-refractivity contribution in [1.82, 2.24) is 0 Å². The van der Waals surface area contributed by atoms with Crippen LogP contribution in [0.15, 0.2) is 60.7 Å². The molecule has 0 aliphatic rings. The third kappa shape index (κ3) is 4.06. The van der Waals surface area contributed by atoms with E-state index in [-0.39, 0.29) is 5.82 Å². The molecule has 0 atom stereocenters. The van der Waals surface area contributed by atoms with Gasteiger partial charge in [-0.2, -0.15) is 0 Å². The molecule has 0 saturated heterocycles. The first-order valence-electron chi connectivity index (χ1n) is 6.75. The normalized spacial score (nSPS) is 11.1. The monoisotopic (exact) mass is 254 g/mol. The molecule has 0 amide bonds. The molecule has 0 aliphatic heterocycles. The molecule has 0 N–H and O–H groups in total. The van der Waals surface area contributed by atoms with Gasteiger partial charge in [0.05, 0.1) is 0 Å². The van der Waals surface area contributed by atoms with Crippen LogP contribution in [0.2, 0.25) is 0 Å². The van der Waals surface area contributed by atoms with E-state index >= 15 is 0 Å². The summed E-state index contributed by atoms with van der Waals surface area (Å²) in [7, 11) is 0. The first kappa shape index (κ1) is 13.5. The Kier molecular flexibility index (Phi) is 4.91. The molecule has 0 spiro atoms. The Morgan fingerprint density at radius 2 is 1.47 bits per heavy atom. The number of hydrogen-bond donors (Lipinski definition) is 0. The first-order chi connectivity index (χ1) is 9.29. The van der Waals surface area contributed by atoms with Crippen LogP contribution in [0.4, 0.5) is 4.39 Å². The van der Waals surface area contributed by atoms with Gasteiger partial charge in [0.15, 0.2) is 0 Å². The fraction of sp³-hybridized carbons (Fsp3) is 0.222. The minimum Gasteiger partial charge on any atom is -0.207 e. The van der Waals surface area contributed by atoms with Crippen LogP contribution >= 0.6 is 0 Å². The van der Waals surface area contributed by atoms with Gasteiger partial charge in [-0.05, 0) is 55.0 Å². The van der Waals surface area contributed by atoms with Crippen LogP contribution in [0.25, 0.3) is 11.1 Å². The van der Waals surface area contributed by atoms with E-state index in [1.807, 2.05) is 12.1 Å². The fourth-order valence-corrected chi connectivity index (χ4v) is 2.10. The van der Waals surface area contributed by atoms with Gasteiger partial charge in [-0.15, -0.1) is 0 Å². The third-order valence-corrected chi connectivity index (χ3v) is 3.20. The largest absolute Gasteiger partial charge is 0.207 e. The predicted octanol–water partition coefficient (Wildman–Crippen LogP) is 5.39. The summed E-state index contributed by atoms with van der Waals surface area (Å²) in [4.78, 5) is 0. The highest BCUT2D eigenvalue weighted by Crippen LogP contribution is 2.20. The van der Waals surface area contributed by atoms with Crippen molar-refractivity contribution in [3.05, 3.63) is 72.1 Å². The van der Waals surface area contributed by atoms with Crippen molar-refractivity contribution in [1.29, 1.82) is 0 Å². The summed E-state index contributed by atoms with van der Waals surface area (Å²) < 4.78 is 12.9. The zero-order chi connectivity index (χ0) is 13.5. The Morgan fingerprint density at radius 3 is 2.05 bits per heavy atom. The Balaban J connectivity index is 2.00. The smallest absolute Gasteiger partial charge is 0.123 e. The standard InChI is InChI=1S/C18H19F/c1-2-3-4-5-6-15-7-9-16(10-8-15)17-11-13-18(19)14-12-17/h2-3,7-14H,4-6H2,1H3/b3-2-. The summed E-state index contributed by atoms with van der Waals surface area (Å²) in [6.07, 6.45) is 7.72. The molecule has 0 saturated carbocycles. The molecule has 0 heterocycles. The SMILES string of the molecule is C/C=C\CCCc1ccc(-c2ccc(F)cc2)cc1. The molecule has 2 aromatic rings. The number of allylic oxidation sites excluding steroid dienone is 2. The van der Waals surface area contributed by atoms with Gasteiger partial charge < -0.3 is 0 Å². The van der Waals surface area contributed by atoms with E-state index in [2.05, 4.69) is 43.3 Å². The Hall–Kier alpha value is -1.89. The molecule has 0 radical (unpaired) electrons. The Bertz CT molecular complexity index is 521. The number of hydrogen-bond acceptors (Lipinski definition) is 0. The van der Waals surface area contributed by atoms with Crippen LogP contribution in [0.1, 0.15) is 25.3 Å². The number of halogens is 1. The van der Waals surface area contributed by atoms with Crippen LogP contribution in [0, 0.1) is 5.82 Å². The Morgan fingerprint density at radius 1 is 0.895 bits per heavy atom. The van der Waals surface area contributed by atoms with Gasteiger partial charge in [0.25, 0.3) is 0 Å². The summed E-state index contributed by atoms with van der Waals surface area (Å²) in [5, 5.41) is 0. The summed E-state index contributed by atoms with van der Waals surface area (Å²) >= 11 is 0. The van der Waals surface area contributed by atoms with Gasteiger partial charge >= 0.3 is 0 Å². The predicted molar refractivity (Wildman–Crippen MR) is 79.6 cm³/mol. The van der Waals surface area contributed by atoms with Crippen LogP contribution in [-0.2, 0) is 6.42 Å². The van der Waals surface area contributed by atoms with Crippen LogP contribution in [-0.4, -0.2) is 0 Å². The molecule has 0 aliphatic carbocycles. The summed E-state index contributed by atoms with van der Waals surface area (Å²) in [6.45, 7) is 2.05. The highest BCUT2D eigenvalue weighted by atomic mass is 19.1. The number of rotatable bonds is 5. The van der Waals surface area contributed by atoms with Crippen LogP contribution in [0.5, 0.6) is 0 Å². The van der Waals surface area contributed by atoms with E-state index in [1.165, 1.54) is 24.1 Å². The molecule has 0 bridgehead atoms. The van der Waals surface area contributed by atoms with E-state index in [9.17, 15) is 4.39 Å². The summed E-state index contributed by atoms with van der Waals surface area (Å²) in [5.74, 6) is -0.190. The molecular formula is C18H19F. The maximum atomic E-state index is 12.9. The van der Waals surface area contributed by atoms with E-state index in [0.29, 0.717) is 0 Å². The highest BCUT2D eigenvalue weighted by molar-refractivity contribution is 5.63. The highest BCUT2D eigenvalue weighted by Gasteiger charge is 1.98. The minimum atomic E-state index is -0.190. The van der Waals surface area contributed by atoms with Gasteiger partial charge in [-0.3, -0.25) is 0 Å². The molecule has 1 heteroatoms. The second-order valence-corrected chi connectivity index (χ2v) is 4.67. The molecule has 98 valence electrons. The molecular weight excluding hydrogens is 235 g/mol. The van der Waals surface area contributed by atoms with E-state index in [4.69, 9.17) is 0 Å². The van der Waals surface area contributed by atoms with Crippen molar-refractivity contribution in [2.24, 2.45) is 0 Å². The molecule has 0 nitrogen and oxygen atoms in total. The van der Waals surface area contributed by atoms with E-state index in [1.54, 1.807) is 0 Å². The summed E-state index contributed by atoms with van der Waals surface area (Å²) in [6, 6.07) is 15.2. The van der Waals surface area contributed by atoms with Gasteiger partial charge in [0, 0.05) is 0 Å². The zero-order valence-corrected chi connectivity index (χ0v) is 11.3. The number of aryl methyl sites for hydroxylation is 1. The van der Waals surface area contributed by atoms with Crippen molar-refractivity contribution in [2.75, 3.05) is 0 Å². The Labute approximate surface area is 114 Å². The molecule has 0 unspecified atom stereocenters. The van der Waals surface area contributed by atoms with E-state index < -0.39 is 0 Å². The average molecular weight is 254 g/mol. The van der Waals surface area contributed by atoms with Crippen molar-refractivity contribution in [3.63, 3.8) is 0 Å². The maximum absolute atomic E-state index is 12.9. The van der Waals surface area contributed by atoms with Crippen molar-refractivity contribution in [3.8, 4) is 11.1 Å². The lowest BCUT2D eigenvalue weighted by Crippen LogP contribution is -1.85. The lowest BCUT2D eigenvalue weighted by molar-refractivity contribution is 0.628. The van der Waals surface area contributed by atoms with Gasteiger partial charge in [0.1, 0.15) is 5.82 Å². The fourth-order valence-electron chi connectivity index (χ4n) is 2.10. The van der Waals surface area contributed by atoms with Gasteiger partial charge in [0.2, 0.25) is 0 Å². The third-order valence-electron chi connectivity index (χ3n) is 3.20. The molecule has 2 aromatic carbocycles. The molecule has 0 fully saturated rings. The average Bonchev–Trinajstić information content (AvgIpc) is 2.45. The summed E-state index contributed by atoms with van der Waals surface area (Å²) in [5.41, 5.74) is 3.55. The second-order valence-electron chi connectivity index (χ2n) is 4.67. The molecule has 2 rings (SSSR count). The maximum Gasteiger partial charge on any atom is 0.123 e. The van der Waals surface area contributed by atoms with Gasteiger partial charge in [-0.1, -0.05) is 48.6 Å². The second kappa shape index (κ2) is 6.89. The lowest BCUT2D eigenvalue weighted by atomic mass is 10.0. The molecule has 19 heavy (non-hydrogen) atoms. The topological polar surface area (TPSA) is 0 Å². The number of unbranched alkanes of at least 4 members (excludes halogenated alkanes) is 1. The molecule has 0 aromatic heterocycles. The van der Waals surface area contributed by atoms with Gasteiger partial charge in [-0.25, -0.2) is 4.39 Å². The van der Waals surface area contributed by atoms with Crippen LogP contribution in [0.3, 0.4) is 0 Å². The number of benzene rings is 2. The first-order valence-corrected chi connectivity index (χ1v) is 6.75. The van der Waals surface area contributed by atoms with Crippen molar-refractivity contribution in [2.45, 2.75) is 26.2 Å². The lowest BCUT2D eigenvalue weighted by Gasteiger charge is -2.04. The van der Waals surface area contributed by atoms with Crippen molar-refractivity contribution >= 4 is 0 Å². The zero-order valence-electron chi connectivity index (χ0n) is 11.3. The van der Waals surface area contributed by atoms with Crippen LogP contribution < -0.4 is 0 Å². The van der Waals surface area contributed by atoms with E-state index in [0.717, 1.165) is 24.0 Å². The quantitative estimate of drug-likeness (QED) is 0.495. The minimum absolute atomic E-state index is 0.190. The van der Waals surface area contributed by atoms with Crippen molar-refractivity contribution < 1.29 is 4.39 Å².